The zero-order chi connectivity index (χ0) is 9.42. The van der Waals surface area contributed by atoms with Crippen molar-refractivity contribution in [3.05, 3.63) is 44.7 Å². The molecular weight excluding hydrogens is 230 g/mol. The van der Waals surface area contributed by atoms with Crippen molar-refractivity contribution in [1.82, 2.24) is 4.98 Å². The van der Waals surface area contributed by atoms with E-state index in [1.54, 1.807) is 0 Å². The molecule has 1 aromatic carbocycles. The molecule has 0 radical (unpaired) electrons. The maximum absolute atomic E-state index is 11.4. The van der Waals surface area contributed by atoms with Crippen LogP contribution in [-0.2, 0) is 0 Å². The second kappa shape index (κ2) is 3.00. The number of hydrogen-bond acceptors (Lipinski definition) is 1. The lowest BCUT2D eigenvalue weighted by molar-refractivity contribution is 1.25. The summed E-state index contributed by atoms with van der Waals surface area (Å²) in [6.45, 7) is 1.93. The Balaban J connectivity index is 3.02. The van der Waals surface area contributed by atoms with E-state index in [0.717, 1.165) is 16.5 Å². The summed E-state index contributed by atoms with van der Waals surface area (Å²) in [6.07, 6.45) is 0. The van der Waals surface area contributed by atoms with Crippen molar-refractivity contribution in [1.29, 1.82) is 0 Å². The summed E-state index contributed by atoms with van der Waals surface area (Å²) in [7, 11) is 0. The van der Waals surface area contributed by atoms with E-state index in [-0.39, 0.29) is 5.56 Å². The van der Waals surface area contributed by atoms with Gasteiger partial charge in [0.2, 0.25) is 0 Å². The van der Waals surface area contributed by atoms with Crippen molar-refractivity contribution in [2.75, 3.05) is 0 Å². The second-order valence-corrected chi connectivity index (χ2v) is 3.73. The SMILES string of the molecule is Cc1c(Br)c(=O)[nH]c2ccccc12. The van der Waals surface area contributed by atoms with Crippen molar-refractivity contribution in [2.24, 2.45) is 0 Å². The average Bonchev–Trinajstić information content (AvgIpc) is 2.15. The number of H-pyrrole nitrogens is 1. The molecule has 0 aliphatic carbocycles. The summed E-state index contributed by atoms with van der Waals surface area (Å²) in [4.78, 5) is 14.1. The van der Waals surface area contributed by atoms with Crippen LogP contribution in [0.2, 0.25) is 0 Å². The fraction of sp³-hybridized carbons (Fsp3) is 0.100. The third-order valence-electron chi connectivity index (χ3n) is 2.11. The number of aromatic amines is 1. The number of pyridine rings is 1. The molecule has 1 heterocycles. The topological polar surface area (TPSA) is 32.9 Å². The van der Waals surface area contributed by atoms with Crippen molar-refractivity contribution in [3.8, 4) is 0 Å². The van der Waals surface area contributed by atoms with Crippen LogP contribution in [0.1, 0.15) is 5.56 Å². The van der Waals surface area contributed by atoms with Gasteiger partial charge in [-0.1, -0.05) is 18.2 Å². The van der Waals surface area contributed by atoms with Crippen LogP contribution in [-0.4, -0.2) is 4.98 Å². The molecule has 0 aliphatic heterocycles. The summed E-state index contributed by atoms with van der Waals surface area (Å²) in [6, 6.07) is 7.76. The van der Waals surface area contributed by atoms with Gasteiger partial charge in [0.15, 0.2) is 0 Å². The quantitative estimate of drug-likeness (QED) is 0.751. The van der Waals surface area contributed by atoms with Crippen LogP contribution in [0.15, 0.2) is 33.5 Å². The highest BCUT2D eigenvalue weighted by atomic mass is 79.9. The lowest BCUT2D eigenvalue weighted by Crippen LogP contribution is -2.08. The molecule has 0 saturated carbocycles. The van der Waals surface area contributed by atoms with Gasteiger partial charge >= 0.3 is 0 Å². The van der Waals surface area contributed by atoms with Gasteiger partial charge in [0.1, 0.15) is 0 Å². The van der Waals surface area contributed by atoms with Crippen LogP contribution in [0, 0.1) is 6.92 Å². The molecule has 13 heavy (non-hydrogen) atoms. The Morgan fingerprint density at radius 2 is 2.00 bits per heavy atom. The van der Waals surface area contributed by atoms with Gasteiger partial charge in [-0.3, -0.25) is 4.79 Å². The first kappa shape index (κ1) is 8.51. The molecule has 0 atom stereocenters. The van der Waals surface area contributed by atoms with E-state index in [1.807, 2.05) is 31.2 Å². The first-order valence-corrected chi connectivity index (χ1v) is 4.76. The maximum atomic E-state index is 11.4. The summed E-state index contributed by atoms with van der Waals surface area (Å²) < 4.78 is 0.617. The summed E-state index contributed by atoms with van der Waals surface area (Å²) >= 11 is 3.26. The molecule has 0 amide bonds. The van der Waals surface area contributed by atoms with E-state index in [4.69, 9.17) is 0 Å². The highest BCUT2D eigenvalue weighted by molar-refractivity contribution is 9.10. The number of hydrogen-bond donors (Lipinski definition) is 1. The number of nitrogens with one attached hydrogen (secondary N) is 1. The normalized spacial score (nSPS) is 10.6. The standard InChI is InChI=1S/C10H8BrNO/c1-6-7-4-2-3-5-8(7)12-10(13)9(6)11/h2-5H,1H3,(H,12,13). The zero-order valence-electron chi connectivity index (χ0n) is 7.10. The fourth-order valence-corrected chi connectivity index (χ4v) is 1.70. The van der Waals surface area contributed by atoms with Crippen molar-refractivity contribution < 1.29 is 0 Å². The third-order valence-corrected chi connectivity index (χ3v) is 3.06. The zero-order valence-corrected chi connectivity index (χ0v) is 8.68. The Hall–Kier alpha value is -1.09. The second-order valence-electron chi connectivity index (χ2n) is 2.94. The van der Waals surface area contributed by atoms with Crippen LogP contribution in [0.5, 0.6) is 0 Å². The van der Waals surface area contributed by atoms with Crippen LogP contribution >= 0.6 is 15.9 Å². The van der Waals surface area contributed by atoms with Crippen LogP contribution < -0.4 is 5.56 Å². The van der Waals surface area contributed by atoms with Gasteiger partial charge in [-0.05, 0) is 34.5 Å². The first-order valence-electron chi connectivity index (χ1n) is 3.97. The Morgan fingerprint density at radius 1 is 1.31 bits per heavy atom. The van der Waals surface area contributed by atoms with Gasteiger partial charge in [-0.15, -0.1) is 0 Å². The molecule has 2 nitrogen and oxygen atoms in total. The van der Waals surface area contributed by atoms with Crippen LogP contribution in [0.25, 0.3) is 10.9 Å². The van der Waals surface area contributed by atoms with Crippen molar-refractivity contribution >= 4 is 26.8 Å². The lowest BCUT2D eigenvalue weighted by Gasteiger charge is -2.02. The molecule has 0 bridgehead atoms. The van der Waals surface area contributed by atoms with E-state index >= 15 is 0 Å². The first-order chi connectivity index (χ1) is 6.20. The molecule has 0 unspecified atom stereocenters. The number of aromatic nitrogens is 1. The van der Waals surface area contributed by atoms with Gasteiger partial charge in [-0.25, -0.2) is 0 Å². The molecule has 2 aromatic rings. The van der Waals surface area contributed by atoms with E-state index < -0.39 is 0 Å². The van der Waals surface area contributed by atoms with Gasteiger partial charge in [0.25, 0.3) is 5.56 Å². The molecule has 3 heteroatoms. The minimum Gasteiger partial charge on any atom is -0.321 e. The Labute approximate surface area is 83.7 Å². The largest absolute Gasteiger partial charge is 0.321 e. The van der Waals surface area contributed by atoms with Gasteiger partial charge in [0, 0.05) is 10.9 Å². The van der Waals surface area contributed by atoms with Gasteiger partial charge < -0.3 is 4.98 Å². The van der Waals surface area contributed by atoms with E-state index in [2.05, 4.69) is 20.9 Å². The molecule has 66 valence electrons. The monoisotopic (exact) mass is 237 g/mol. The van der Waals surface area contributed by atoms with Crippen molar-refractivity contribution in [2.45, 2.75) is 6.92 Å². The smallest absolute Gasteiger partial charge is 0.263 e. The number of fused-ring (bicyclic) bond motifs is 1. The number of para-hydroxylation sites is 1. The minimum atomic E-state index is -0.0730. The summed E-state index contributed by atoms with van der Waals surface area (Å²) in [5.74, 6) is 0. The van der Waals surface area contributed by atoms with Crippen molar-refractivity contribution in [3.63, 3.8) is 0 Å². The van der Waals surface area contributed by atoms with Crippen LogP contribution in [0.3, 0.4) is 0 Å². The van der Waals surface area contributed by atoms with E-state index in [9.17, 15) is 4.79 Å². The highest BCUT2D eigenvalue weighted by Gasteiger charge is 2.04. The highest BCUT2D eigenvalue weighted by Crippen LogP contribution is 2.19. The molecule has 1 aromatic heterocycles. The number of halogens is 1. The van der Waals surface area contributed by atoms with Gasteiger partial charge in [0.05, 0.1) is 4.47 Å². The van der Waals surface area contributed by atoms with Gasteiger partial charge in [-0.2, -0.15) is 0 Å². The third kappa shape index (κ3) is 1.29. The minimum absolute atomic E-state index is 0.0730. The number of aryl methyl sites for hydroxylation is 1. The predicted molar refractivity (Wildman–Crippen MR) is 57.0 cm³/mol. The molecule has 0 spiro atoms. The molecule has 0 aliphatic rings. The molecule has 2 rings (SSSR count). The maximum Gasteiger partial charge on any atom is 0.263 e. The average molecular weight is 238 g/mol. The number of benzene rings is 1. The number of rotatable bonds is 0. The molecule has 0 saturated heterocycles. The summed E-state index contributed by atoms with van der Waals surface area (Å²) in [5.41, 5.74) is 1.80. The van der Waals surface area contributed by atoms with E-state index in [1.165, 1.54) is 0 Å². The lowest BCUT2D eigenvalue weighted by atomic mass is 10.1. The Morgan fingerprint density at radius 3 is 2.77 bits per heavy atom. The molecule has 1 N–H and O–H groups in total. The molecule has 0 fully saturated rings. The Kier molecular flexibility index (Phi) is 1.96. The van der Waals surface area contributed by atoms with E-state index in [0.29, 0.717) is 4.47 Å². The summed E-state index contributed by atoms with van der Waals surface area (Å²) in [5, 5.41) is 1.08. The Bertz CT molecular complexity index is 516. The fourth-order valence-electron chi connectivity index (χ4n) is 1.38. The predicted octanol–water partition coefficient (Wildman–Crippen LogP) is 2.60. The molecular formula is C10H8BrNO. The van der Waals surface area contributed by atoms with Crippen LogP contribution in [0.4, 0.5) is 0 Å².